The third kappa shape index (κ3) is 3.38. The Morgan fingerprint density at radius 3 is 2.65 bits per heavy atom. The highest BCUT2D eigenvalue weighted by molar-refractivity contribution is 7.78. The van der Waals surface area contributed by atoms with Crippen LogP contribution in [0.4, 0.5) is 0 Å². The summed E-state index contributed by atoms with van der Waals surface area (Å²) < 4.78 is 19.6. The Balaban J connectivity index is 2.39. The molecular weight excluding hydrogens is 304 g/mol. The van der Waals surface area contributed by atoms with E-state index in [1.165, 1.54) is 6.07 Å². The van der Waals surface area contributed by atoms with Crippen LogP contribution in [0.1, 0.15) is 16.1 Å². The molecular formula is C12H9ClN2O4S. The predicted octanol–water partition coefficient (Wildman–Crippen LogP) is 2.22. The fourth-order valence-corrected chi connectivity index (χ4v) is 2.43. The Kier molecular flexibility index (Phi) is 4.43. The third-order valence-corrected chi connectivity index (χ3v) is 3.42. The molecule has 20 heavy (non-hydrogen) atoms. The summed E-state index contributed by atoms with van der Waals surface area (Å²) in [7, 11) is 0. The molecule has 0 saturated carbocycles. The van der Waals surface area contributed by atoms with Gasteiger partial charge in [0.25, 0.3) is 0 Å². The minimum atomic E-state index is -1.98. The van der Waals surface area contributed by atoms with Crippen LogP contribution in [0.2, 0.25) is 5.02 Å². The van der Waals surface area contributed by atoms with Gasteiger partial charge in [-0.3, -0.25) is 0 Å². The monoisotopic (exact) mass is 312 g/mol. The van der Waals surface area contributed by atoms with Crippen molar-refractivity contribution in [1.29, 1.82) is 0 Å². The number of rotatable bonds is 4. The van der Waals surface area contributed by atoms with E-state index in [1.807, 2.05) is 0 Å². The van der Waals surface area contributed by atoms with E-state index in [-0.39, 0.29) is 11.4 Å². The molecule has 0 aliphatic rings. The molecule has 8 heteroatoms. The average Bonchev–Trinajstić information content (AvgIpc) is 2.40. The summed E-state index contributed by atoms with van der Waals surface area (Å²) in [6, 6.07) is 6.16. The number of aromatic carboxylic acids is 1. The van der Waals surface area contributed by atoms with Crippen LogP contribution in [0.25, 0.3) is 11.3 Å². The number of benzene rings is 1. The Morgan fingerprint density at radius 1 is 1.30 bits per heavy atom. The molecule has 1 unspecified atom stereocenters. The largest absolute Gasteiger partial charge is 0.477 e. The lowest BCUT2D eigenvalue weighted by Gasteiger charge is -2.06. The Labute approximate surface area is 121 Å². The van der Waals surface area contributed by atoms with Gasteiger partial charge in [-0.2, -0.15) is 0 Å². The second-order valence-corrected chi connectivity index (χ2v) is 5.20. The van der Waals surface area contributed by atoms with Crippen molar-refractivity contribution < 1.29 is 18.7 Å². The third-order valence-electron chi connectivity index (χ3n) is 2.51. The van der Waals surface area contributed by atoms with E-state index in [1.54, 1.807) is 18.2 Å². The molecule has 0 aliphatic carbocycles. The molecule has 2 N–H and O–H groups in total. The van der Waals surface area contributed by atoms with Crippen LogP contribution in [0.5, 0.6) is 0 Å². The fraction of sp³-hybridized carbons (Fsp3) is 0.0833. The van der Waals surface area contributed by atoms with Gasteiger partial charge >= 0.3 is 5.97 Å². The molecule has 2 aromatic rings. The van der Waals surface area contributed by atoms with E-state index >= 15 is 0 Å². The van der Waals surface area contributed by atoms with Gasteiger partial charge in [0, 0.05) is 10.6 Å². The quantitative estimate of drug-likeness (QED) is 0.840. The first-order chi connectivity index (χ1) is 9.47. The topological polar surface area (TPSA) is 100 Å². The summed E-state index contributed by atoms with van der Waals surface area (Å²) in [5.74, 6) is -1.21. The summed E-state index contributed by atoms with van der Waals surface area (Å²) >= 11 is 4.04. The molecule has 0 amide bonds. The van der Waals surface area contributed by atoms with E-state index in [4.69, 9.17) is 21.3 Å². The molecule has 0 fully saturated rings. The van der Waals surface area contributed by atoms with Crippen LogP contribution >= 0.6 is 11.6 Å². The predicted molar refractivity (Wildman–Crippen MR) is 73.9 cm³/mol. The minimum absolute atomic E-state index is 0.0662. The lowest BCUT2D eigenvalue weighted by Crippen LogP contribution is -2.01. The van der Waals surface area contributed by atoms with Crippen molar-refractivity contribution >= 4 is 28.7 Å². The SMILES string of the molecule is O=C(O)c1cc(-c2ccc(CS(=O)O)c(Cl)c2)ncn1. The highest BCUT2D eigenvalue weighted by atomic mass is 35.5. The molecule has 0 bridgehead atoms. The number of carboxylic acid groups (broad SMARTS) is 1. The first kappa shape index (κ1) is 14.6. The molecule has 0 saturated heterocycles. The van der Waals surface area contributed by atoms with Crippen LogP contribution < -0.4 is 0 Å². The Bertz CT molecular complexity index is 693. The van der Waals surface area contributed by atoms with Crippen LogP contribution in [0.15, 0.2) is 30.6 Å². The number of hydrogen-bond donors (Lipinski definition) is 2. The van der Waals surface area contributed by atoms with Gasteiger partial charge in [-0.1, -0.05) is 23.7 Å². The summed E-state index contributed by atoms with van der Waals surface area (Å²) in [5, 5.41) is 9.20. The lowest BCUT2D eigenvalue weighted by atomic mass is 10.1. The van der Waals surface area contributed by atoms with Crippen molar-refractivity contribution in [2.24, 2.45) is 0 Å². The van der Waals surface area contributed by atoms with Gasteiger partial charge in [0.15, 0.2) is 16.8 Å². The molecule has 0 aliphatic heterocycles. The van der Waals surface area contributed by atoms with E-state index < -0.39 is 17.0 Å². The van der Waals surface area contributed by atoms with Crippen molar-refractivity contribution in [3.05, 3.63) is 46.9 Å². The molecule has 104 valence electrons. The number of nitrogens with zero attached hydrogens (tertiary/aromatic N) is 2. The maximum atomic E-state index is 10.8. The highest BCUT2D eigenvalue weighted by Crippen LogP contribution is 2.25. The summed E-state index contributed by atoms with van der Waals surface area (Å²) in [4.78, 5) is 18.5. The first-order valence-electron chi connectivity index (χ1n) is 5.39. The first-order valence-corrected chi connectivity index (χ1v) is 7.04. The van der Waals surface area contributed by atoms with Crippen molar-refractivity contribution in [2.45, 2.75) is 5.75 Å². The molecule has 0 radical (unpaired) electrons. The maximum Gasteiger partial charge on any atom is 0.354 e. The zero-order valence-corrected chi connectivity index (χ0v) is 11.6. The van der Waals surface area contributed by atoms with Gasteiger partial charge in [0.1, 0.15) is 6.33 Å². The molecule has 6 nitrogen and oxygen atoms in total. The lowest BCUT2D eigenvalue weighted by molar-refractivity contribution is 0.0690. The summed E-state index contributed by atoms with van der Waals surface area (Å²) in [5.41, 5.74) is 1.43. The number of aromatic nitrogens is 2. The van der Waals surface area contributed by atoms with E-state index in [2.05, 4.69) is 9.97 Å². The Hall–Kier alpha value is -1.83. The van der Waals surface area contributed by atoms with E-state index in [0.29, 0.717) is 21.8 Å². The van der Waals surface area contributed by atoms with Gasteiger partial charge in [0.2, 0.25) is 0 Å². The normalized spacial score (nSPS) is 12.1. The molecule has 1 aromatic heterocycles. The van der Waals surface area contributed by atoms with Gasteiger partial charge in [-0.15, -0.1) is 0 Å². The molecule has 1 heterocycles. The van der Waals surface area contributed by atoms with E-state index in [0.717, 1.165) is 6.33 Å². The minimum Gasteiger partial charge on any atom is -0.477 e. The van der Waals surface area contributed by atoms with Gasteiger partial charge in [-0.25, -0.2) is 19.0 Å². The molecule has 1 atom stereocenters. The second kappa shape index (κ2) is 6.08. The zero-order chi connectivity index (χ0) is 14.7. The van der Waals surface area contributed by atoms with Crippen molar-refractivity contribution in [3.8, 4) is 11.3 Å². The standard InChI is InChI=1S/C12H9ClN2O4S/c13-9-3-7(1-2-8(9)5-20(18)19)10-4-11(12(16)17)15-6-14-10/h1-4,6H,5H2,(H,16,17)(H,18,19). The fourth-order valence-electron chi connectivity index (χ4n) is 1.59. The summed E-state index contributed by atoms with van der Waals surface area (Å²) in [6.45, 7) is 0. The van der Waals surface area contributed by atoms with Gasteiger partial charge in [0.05, 0.1) is 11.4 Å². The van der Waals surface area contributed by atoms with Crippen LogP contribution in [0.3, 0.4) is 0 Å². The van der Waals surface area contributed by atoms with Gasteiger partial charge < -0.3 is 9.66 Å². The smallest absolute Gasteiger partial charge is 0.354 e. The summed E-state index contributed by atoms with van der Waals surface area (Å²) in [6.07, 6.45) is 1.16. The Morgan fingerprint density at radius 2 is 2.05 bits per heavy atom. The number of hydrogen-bond acceptors (Lipinski definition) is 4. The second-order valence-electron chi connectivity index (χ2n) is 3.87. The van der Waals surface area contributed by atoms with Crippen molar-refractivity contribution in [1.82, 2.24) is 9.97 Å². The van der Waals surface area contributed by atoms with Crippen LogP contribution in [-0.4, -0.2) is 29.8 Å². The molecule has 2 rings (SSSR count). The van der Waals surface area contributed by atoms with Crippen molar-refractivity contribution in [3.63, 3.8) is 0 Å². The van der Waals surface area contributed by atoms with Crippen molar-refractivity contribution in [2.75, 3.05) is 0 Å². The number of carboxylic acids is 1. The maximum absolute atomic E-state index is 10.8. The number of carbonyl (C=O) groups is 1. The van der Waals surface area contributed by atoms with Crippen LogP contribution in [-0.2, 0) is 16.8 Å². The highest BCUT2D eigenvalue weighted by Gasteiger charge is 2.10. The van der Waals surface area contributed by atoms with E-state index in [9.17, 15) is 9.00 Å². The zero-order valence-electron chi connectivity index (χ0n) is 9.99. The van der Waals surface area contributed by atoms with Gasteiger partial charge in [-0.05, 0) is 17.7 Å². The molecule has 0 spiro atoms. The number of halogens is 1. The average molecular weight is 313 g/mol. The molecule has 1 aromatic carbocycles. The van der Waals surface area contributed by atoms with Crippen LogP contribution in [0, 0.1) is 0 Å².